The van der Waals surface area contributed by atoms with E-state index in [1.54, 1.807) is 24.3 Å². The summed E-state index contributed by atoms with van der Waals surface area (Å²) < 4.78 is 2.30. The number of benzene rings is 1. The zero-order valence-electron chi connectivity index (χ0n) is 13.8. The third-order valence-electron chi connectivity index (χ3n) is 3.54. The van der Waals surface area contributed by atoms with Gasteiger partial charge in [0.2, 0.25) is 0 Å². The number of hydrogen-bond acceptors (Lipinski definition) is 6. The van der Waals surface area contributed by atoms with Crippen molar-refractivity contribution in [2.75, 3.05) is 5.32 Å². The summed E-state index contributed by atoms with van der Waals surface area (Å²) in [5.74, 6) is 0.323. The molecule has 0 fully saturated rings. The van der Waals surface area contributed by atoms with E-state index in [-0.39, 0.29) is 5.91 Å². The molecule has 0 unspecified atom stereocenters. The van der Waals surface area contributed by atoms with Gasteiger partial charge in [-0.25, -0.2) is 4.98 Å². The summed E-state index contributed by atoms with van der Waals surface area (Å²) in [6, 6.07) is 8.50. The maximum atomic E-state index is 12.4. The van der Waals surface area contributed by atoms with Crippen LogP contribution >= 0.6 is 23.6 Å². The number of H-pyrrole nitrogens is 1. The van der Waals surface area contributed by atoms with Crippen LogP contribution in [0.25, 0.3) is 10.7 Å². The van der Waals surface area contributed by atoms with E-state index in [4.69, 9.17) is 17.5 Å². The van der Waals surface area contributed by atoms with Crippen LogP contribution in [0.2, 0.25) is 0 Å². The Labute approximate surface area is 158 Å². The van der Waals surface area contributed by atoms with Crippen molar-refractivity contribution in [2.45, 2.75) is 13.5 Å². The lowest BCUT2D eigenvalue weighted by Crippen LogP contribution is -2.11. The number of aryl methyl sites for hydroxylation is 1. The Morgan fingerprint density at radius 3 is 3.12 bits per heavy atom. The average Bonchev–Trinajstić information content (AvgIpc) is 3.18. The molecule has 9 heteroatoms. The first-order valence-electron chi connectivity index (χ1n) is 7.59. The molecule has 2 aromatic heterocycles. The van der Waals surface area contributed by atoms with Crippen molar-refractivity contribution in [1.29, 1.82) is 5.26 Å². The van der Waals surface area contributed by atoms with E-state index in [2.05, 4.69) is 27.1 Å². The summed E-state index contributed by atoms with van der Waals surface area (Å²) in [7, 11) is 0. The molecular weight excluding hydrogens is 368 g/mol. The van der Waals surface area contributed by atoms with Gasteiger partial charge in [-0.1, -0.05) is 23.5 Å². The molecular formula is C17H14N6OS2. The number of aromatic amines is 1. The van der Waals surface area contributed by atoms with Gasteiger partial charge in [0.1, 0.15) is 0 Å². The van der Waals surface area contributed by atoms with Gasteiger partial charge in [-0.05, 0) is 37.3 Å². The highest BCUT2D eigenvalue weighted by atomic mass is 32.1. The molecule has 26 heavy (non-hydrogen) atoms. The number of hydrogen-bond donors (Lipinski definition) is 2. The van der Waals surface area contributed by atoms with Crippen molar-refractivity contribution in [1.82, 2.24) is 19.7 Å². The third kappa shape index (κ3) is 3.46. The van der Waals surface area contributed by atoms with Crippen LogP contribution in [0.15, 0.2) is 36.9 Å². The minimum atomic E-state index is -0.327. The topological polar surface area (TPSA) is 99.4 Å². The Hall–Kier alpha value is -3.09. The predicted octanol–water partition coefficient (Wildman–Crippen LogP) is 3.68. The highest BCUT2D eigenvalue weighted by molar-refractivity contribution is 7.71. The first kappa shape index (κ1) is 17.7. The van der Waals surface area contributed by atoms with Gasteiger partial charge in [-0.2, -0.15) is 10.4 Å². The SMILES string of the molecule is C=CCn1c(-c2sc(NC(=O)c3cccc(C#N)c3)nc2C)n[nH]c1=S. The van der Waals surface area contributed by atoms with Crippen LogP contribution in [-0.2, 0) is 6.54 Å². The largest absolute Gasteiger partial charge is 0.298 e. The molecule has 1 amide bonds. The fourth-order valence-corrected chi connectivity index (χ4v) is 3.51. The molecule has 0 radical (unpaired) electrons. The summed E-state index contributed by atoms with van der Waals surface area (Å²) in [6.45, 7) is 6.08. The maximum absolute atomic E-state index is 12.4. The number of amides is 1. The van der Waals surface area contributed by atoms with Crippen LogP contribution in [0.4, 0.5) is 5.13 Å². The maximum Gasteiger partial charge on any atom is 0.257 e. The molecule has 0 saturated heterocycles. The summed E-state index contributed by atoms with van der Waals surface area (Å²) in [5.41, 5.74) is 1.55. The number of carbonyl (C=O) groups excluding carboxylic acids is 1. The molecule has 0 spiro atoms. The van der Waals surface area contributed by atoms with Crippen molar-refractivity contribution in [3.63, 3.8) is 0 Å². The lowest BCUT2D eigenvalue weighted by molar-refractivity contribution is 0.102. The van der Waals surface area contributed by atoms with E-state index < -0.39 is 0 Å². The van der Waals surface area contributed by atoms with Crippen molar-refractivity contribution in [2.24, 2.45) is 0 Å². The standard InChI is InChI=1S/C17H14N6OS2/c1-3-7-23-14(21-22-17(23)25)13-10(2)19-16(26-13)20-15(24)12-6-4-5-11(8-12)9-18/h3-6,8H,1,7H2,2H3,(H,22,25)(H,19,20,24). The van der Waals surface area contributed by atoms with E-state index in [1.165, 1.54) is 17.4 Å². The Balaban J connectivity index is 1.89. The van der Waals surface area contributed by atoms with Gasteiger partial charge in [-0.3, -0.25) is 19.8 Å². The monoisotopic (exact) mass is 382 g/mol. The Bertz CT molecular complexity index is 1090. The summed E-state index contributed by atoms with van der Waals surface area (Å²) in [4.78, 5) is 17.6. The number of thiazole rings is 1. The first-order chi connectivity index (χ1) is 12.5. The zero-order chi connectivity index (χ0) is 18.7. The molecule has 0 atom stereocenters. The Morgan fingerprint density at radius 1 is 1.58 bits per heavy atom. The minimum absolute atomic E-state index is 0.327. The fraction of sp³-hybridized carbons (Fsp3) is 0.118. The van der Waals surface area contributed by atoms with Gasteiger partial charge >= 0.3 is 0 Å². The average molecular weight is 382 g/mol. The van der Waals surface area contributed by atoms with E-state index in [1.807, 2.05) is 17.6 Å². The highest BCUT2D eigenvalue weighted by Crippen LogP contribution is 2.31. The zero-order valence-corrected chi connectivity index (χ0v) is 15.4. The van der Waals surface area contributed by atoms with E-state index in [0.717, 1.165) is 10.6 Å². The molecule has 0 aliphatic carbocycles. The number of anilines is 1. The number of nitrogens with zero attached hydrogens (tertiary/aromatic N) is 4. The van der Waals surface area contributed by atoms with E-state index in [9.17, 15) is 4.79 Å². The molecule has 0 saturated carbocycles. The second-order valence-electron chi connectivity index (χ2n) is 5.33. The minimum Gasteiger partial charge on any atom is -0.298 e. The Morgan fingerprint density at radius 2 is 2.38 bits per heavy atom. The normalized spacial score (nSPS) is 10.3. The van der Waals surface area contributed by atoms with Gasteiger partial charge < -0.3 is 0 Å². The number of allylic oxidation sites excluding steroid dienone is 1. The lowest BCUT2D eigenvalue weighted by Gasteiger charge is -2.02. The smallest absolute Gasteiger partial charge is 0.257 e. The number of carbonyl (C=O) groups is 1. The van der Waals surface area contributed by atoms with Crippen LogP contribution in [0.1, 0.15) is 21.6 Å². The molecule has 7 nitrogen and oxygen atoms in total. The van der Waals surface area contributed by atoms with Crippen LogP contribution < -0.4 is 5.32 Å². The van der Waals surface area contributed by atoms with Crippen molar-refractivity contribution in [3.05, 3.63) is 58.5 Å². The van der Waals surface area contributed by atoms with E-state index in [0.29, 0.717) is 33.4 Å². The molecule has 1 aromatic carbocycles. The van der Waals surface area contributed by atoms with Gasteiger partial charge in [0.05, 0.1) is 22.2 Å². The molecule has 0 bridgehead atoms. The molecule has 2 N–H and O–H groups in total. The molecule has 130 valence electrons. The summed E-state index contributed by atoms with van der Waals surface area (Å²) in [6.07, 6.45) is 1.73. The second-order valence-corrected chi connectivity index (χ2v) is 6.72. The fourth-order valence-electron chi connectivity index (χ4n) is 2.35. The van der Waals surface area contributed by atoms with Gasteiger partial charge in [0.15, 0.2) is 15.7 Å². The molecule has 2 heterocycles. The number of nitriles is 1. The van der Waals surface area contributed by atoms with Crippen molar-refractivity contribution < 1.29 is 4.79 Å². The number of rotatable bonds is 5. The Kier molecular flexibility index (Phi) is 5.06. The quantitative estimate of drug-likeness (QED) is 0.518. The molecule has 3 rings (SSSR count). The third-order valence-corrected chi connectivity index (χ3v) is 4.92. The van der Waals surface area contributed by atoms with Crippen molar-refractivity contribution in [3.8, 4) is 16.8 Å². The van der Waals surface area contributed by atoms with Crippen molar-refractivity contribution >= 4 is 34.6 Å². The summed E-state index contributed by atoms with van der Waals surface area (Å²) in [5, 5.41) is 19.2. The van der Waals surface area contributed by atoms with Crippen LogP contribution in [-0.4, -0.2) is 25.7 Å². The second kappa shape index (κ2) is 7.43. The lowest BCUT2D eigenvalue weighted by atomic mass is 10.1. The molecule has 0 aliphatic rings. The van der Waals surface area contributed by atoms with Crippen LogP contribution in [0.3, 0.4) is 0 Å². The van der Waals surface area contributed by atoms with E-state index >= 15 is 0 Å². The van der Waals surface area contributed by atoms with Gasteiger partial charge in [-0.15, -0.1) is 6.58 Å². The van der Waals surface area contributed by atoms with Gasteiger partial charge in [0.25, 0.3) is 5.91 Å². The molecule has 3 aromatic rings. The molecule has 0 aliphatic heterocycles. The number of nitrogens with one attached hydrogen (secondary N) is 2. The van der Waals surface area contributed by atoms with Crippen LogP contribution in [0, 0.1) is 23.0 Å². The predicted molar refractivity (Wildman–Crippen MR) is 103 cm³/mol. The summed E-state index contributed by atoms with van der Waals surface area (Å²) >= 11 is 6.54. The van der Waals surface area contributed by atoms with Gasteiger partial charge in [0, 0.05) is 12.1 Å². The first-order valence-corrected chi connectivity index (χ1v) is 8.81. The number of aromatic nitrogens is 4. The van der Waals surface area contributed by atoms with Crippen LogP contribution in [0.5, 0.6) is 0 Å². The highest BCUT2D eigenvalue weighted by Gasteiger charge is 2.17.